The number of thioether (sulfide) groups is 1. The van der Waals surface area contributed by atoms with Gasteiger partial charge in [0.15, 0.2) is 0 Å². The third-order valence-electron chi connectivity index (χ3n) is 3.49. The van der Waals surface area contributed by atoms with E-state index in [1.54, 1.807) is 11.0 Å². The van der Waals surface area contributed by atoms with Crippen LogP contribution in [0.25, 0.3) is 5.69 Å². The zero-order valence-electron chi connectivity index (χ0n) is 13.4. The molecule has 0 spiro atoms. The summed E-state index contributed by atoms with van der Waals surface area (Å²) in [6.07, 6.45) is 2.07. The van der Waals surface area contributed by atoms with Crippen molar-refractivity contribution in [3.63, 3.8) is 0 Å². The van der Waals surface area contributed by atoms with Gasteiger partial charge in [-0.15, -0.1) is 5.10 Å². The molecule has 0 unspecified atom stereocenters. The molecule has 0 aliphatic carbocycles. The first-order chi connectivity index (χ1) is 12.2. The number of halogens is 1. The number of aromatic nitrogens is 3. The molecule has 0 radical (unpaired) electrons. The molecule has 3 rings (SSSR count). The smallest absolute Gasteiger partial charge is 0.221 e. The van der Waals surface area contributed by atoms with E-state index >= 15 is 0 Å². The molecule has 128 valence electrons. The van der Waals surface area contributed by atoms with E-state index in [1.807, 2.05) is 54.6 Å². The fourth-order valence-corrected chi connectivity index (χ4v) is 3.12. The number of nitrogens with zero attached hydrogens (tertiary/aromatic N) is 3. The van der Waals surface area contributed by atoms with E-state index in [0.717, 1.165) is 11.3 Å². The lowest BCUT2D eigenvalue weighted by atomic mass is 10.2. The highest BCUT2D eigenvalue weighted by atomic mass is 35.5. The summed E-state index contributed by atoms with van der Waals surface area (Å²) in [7, 11) is 0. The maximum atomic E-state index is 11.9. The second-order valence-electron chi connectivity index (χ2n) is 5.27. The van der Waals surface area contributed by atoms with Gasteiger partial charge in [-0.25, -0.2) is 9.67 Å². The number of hydrogen-bond donors (Lipinski definition) is 1. The number of rotatable bonds is 7. The van der Waals surface area contributed by atoms with E-state index in [1.165, 1.54) is 11.8 Å². The van der Waals surface area contributed by atoms with Crippen molar-refractivity contribution in [3.05, 3.63) is 71.5 Å². The monoisotopic (exact) mass is 372 g/mol. The number of hydrogen-bond acceptors (Lipinski definition) is 4. The van der Waals surface area contributed by atoms with E-state index in [4.69, 9.17) is 11.6 Å². The maximum absolute atomic E-state index is 11.9. The summed E-state index contributed by atoms with van der Waals surface area (Å²) in [4.78, 5) is 16.2. The van der Waals surface area contributed by atoms with Crippen LogP contribution in [0.5, 0.6) is 0 Å². The van der Waals surface area contributed by atoms with Gasteiger partial charge >= 0.3 is 0 Å². The minimum absolute atomic E-state index is 0.0186. The Morgan fingerprint density at radius 3 is 2.68 bits per heavy atom. The lowest BCUT2D eigenvalue weighted by molar-refractivity contribution is -0.120. The van der Waals surface area contributed by atoms with Gasteiger partial charge in [0.2, 0.25) is 11.1 Å². The molecule has 0 atom stereocenters. The van der Waals surface area contributed by atoms with Gasteiger partial charge in [-0.1, -0.05) is 59.8 Å². The van der Waals surface area contributed by atoms with E-state index in [0.29, 0.717) is 28.9 Å². The number of amides is 1. The van der Waals surface area contributed by atoms with Gasteiger partial charge < -0.3 is 5.32 Å². The summed E-state index contributed by atoms with van der Waals surface area (Å²) in [6.45, 7) is 0.435. The van der Waals surface area contributed by atoms with E-state index in [2.05, 4.69) is 15.4 Å². The Labute approximate surface area is 155 Å². The van der Waals surface area contributed by atoms with Gasteiger partial charge in [0, 0.05) is 23.7 Å². The molecule has 5 nitrogen and oxygen atoms in total. The minimum atomic E-state index is -0.0186. The average molecular weight is 373 g/mol. The highest BCUT2D eigenvalue weighted by molar-refractivity contribution is 7.99. The van der Waals surface area contributed by atoms with Gasteiger partial charge in [-0.2, -0.15) is 0 Å². The van der Waals surface area contributed by atoms with Gasteiger partial charge in [-0.3, -0.25) is 4.79 Å². The molecule has 1 heterocycles. The Morgan fingerprint density at radius 1 is 1.12 bits per heavy atom. The zero-order chi connectivity index (χ0) is 17.5. The van der Waals surface area contributed by atoms with Crippen molar-refractivity contribution in [2.75, 3.05) is 5.75 Å². The van der Waals surface area contributed by atoms with Crippen molar-refractivity contribution < 1.29 is 4.79 Å². The second kappa shape index (κ2) is 8.69. The number of para-hydroxylation sites is 1. The van der Waals surface area contributed by atoms with Crippen LogP contribution < -0.4 is 5.32 Å². The first-order valence-corrected chi connectivity index (χ1v) is 9.19. The molecule has 0 fully saturated rings. The fourth-order valence-electron chi connectivity index (χ4n) is 2.18. The lowest BCUT2D eigenvalue weighted by Crippen LogP contribution is -2.23. The molecule has 0 saturated heterocycles. The molecule has 1 N–H and O–H groups in total. The normalized spacial score (nSPS) is 10.6. The van der Waals surface area contributed by atoms with Crippen LogP contribution in [0.3, 0.4) is 0 Å². The number of nitrogens with one attached hydrogen (secondary N) is 1. The SMILES string of the molecule is O=C(CCSc1ncn(-c2ccccc2)n1)NCc1ccccc1Cl. The van der Waals surface area contributed by atoms with Crippen LogP contribution >= 0.6 is 23.4 Å². The maximum Gasteiger partial charge on any atom is 0.221 e. The molecule has 1 amide bonds. The highest BCUT2D eigenvalue weighted by Gasteiger charge is 2.07. The standard InChI is InChI=1S/C18H17ClN4OS/c19-16-9-5-4-6-14(16)12-20-17(24)10-11-25-18-21-13-23(22-18)15-7-2-1-3-8-15/h1-9,13H,10-12H2,(H,20,24). The van der Waals surface area contributed by atoms with Gasteiger partial charge in [0.1, 0.15) is 6.33 Å². The summed E-state index contributed by atoms with van der Waals surface area (Å²) >= 11 is 7.53. The third-order valence-corrected chi connectivity index (χ3v) is 4.71. The number of benzene rings is 2. The van der Waals surface area contributed by atoms with Crippen molar-refractivity contribution in [1.82, 2.24) is 20.1 Å². The first kappa shape index (κ1) is 17.5. The third kappa shape index (κ3) is 5.08. The van der Waals surface area contributed by atoms with E-state index < -0.39 is 0 Å². The van der Waals surface area contributed by atoms with Crippen LogP contribution in [0.4, 0.5) is 0 Å². The molecule has 0 aliphatic rings. The van der Waals surface area contributed by atoms with Crippen LogP contribution in [0.15, 0.2) is 66.1 Å². The summed E-state index contributed by atoms with van der Waals surface area (Å²) in [6, 6.07) is 17.3. The molecular weight excluding hydrogens is 356 g/mol. The summed E-state index contributed by atoms with van der Waals surface area (Å²) in [5, 5.41) is 8.59. The number of carbonyl (C=O) groups excluding carboxylic acids is 1. The van der Waals surface area contributed by atoms with Crippen LogP contribution in [0.1, 0.15) is 12.0 Å². The van der Waals surface area contributed by atoms with Crippen LogP contribution in [-0.4, -0.2) is 26.4 Å². The molecule has 2 aromatic carbocycles. The van der Waals surface area contributed by atoms with E-state index in [9.17, 15) is 4.79 Å². The summed E-state index contributed by atoms with van der Waals surface area (Å²) in [5.74, 6) is 0.600. The lowest BCUT2D eigenvalue weighted by Gasteiger charge is -2.06. The van der Waals surface area contributed by atoms with Crippen LogP contribution in [-0.2, 0) is 11.3 Å². The fraction of sp³-hybridized carbons (Fsp3) is 0.167. The Morgan fingerprint density at radius 2 is 1.88 bits per heavy atom. The van der Waals surface area contributed by atoms with Crippen molar-refractivity contribution >= 4 is 29.3 Å². The largest absolute Gasteiger partial charge is 0.352 e. The van der Waals surface area contributed by atoms with E-state index in [-0.39, 0.29) is 5.91 Å². The Bertz CT molecular complexity index is 838. The predicted octanol–water partition coefficient (Wildman–Crippen LogP) is 3.72. The van der Waals surface area contributed by atoms with Crippen LogP contribution in [0, 0.1) is 0 Å². The molecule has 0 saturated carbocycles. The molecule has 25 heavy (non-hydrogen) atoms. The average Bonchev–Trinajstić information content (AvgIpc) is 3.11. The summed E-state index contributed by atoms with van der Waals surface area (Å²) in [5.41, 5.74) is 1.87. The Balaban J connectivity index is 1.43. The van der Waals surface area contributed by atoms with Gasteiger partial charge in [0.05, 0.1) is 5.69 Å². The minimum Gasteiger partial charge on any atom is -0.352 e. The number of carbonyl (C=O) groups is 1. The van der Waals surface area contributed by atoms with Crippen LogP contribution in [0.2, 0.25) is 5.02 Å². The topological polar surface area (TPSA) is 59.8 Å². The van der Waals surface area contributed by atoms with Crippen molar-refractivity contribution in [2.45, 2.75) is 18.1 Å². The molecule has 3 aromatic rings. The zero-order valence-corrected chi connectivity index (χ0v) is 15.0. The quantitative estimate of drug-likeness (QED) is 0.642. The Hall–Kier alpha value is -2.31. The van der Waals surface area contributed by atoms with Gasteiger partial charge in [0.25, 0.3) is 0 Å². The van der Waals surface area contributed by atoms with Crippen molar-refractivity contribution in [1.29, 1.82) is 0 Å². The predicted molar refractivity (Wildman–Crippen MR) is 100.0 cm³/mol. The summed E-state index contributed by atoms with van der Waals surface area (Å²) < 4.78 is 1.72. The molecule has 1 aromatic heterocycles. The Kier molecular flexibility index (Phi) is 6.09. The van der Waals surface area contributed by atoms with Gasteiger partial charge in [-0.05, 0) is 23.8 Å². The van der Waals surface area contributed by atoms with Crippen molar-refractivity contribution in [2.24, 2.45) is 0 Å². The second-order valence-corrected chi connectivity index (χ2v) is 6.74. The molecule has 0 aliphatic heterocycles. The molecule has 0 bridgehead atoms. The highest BCUT2D eigenvalue weighted by Crippen LogP contribution is 2.16. The molecular formula is C18H17ClN4OS. The van der Waals surface area contributed by atoms with Crippen molar-refractivity contribution in [3.8, 4) is 5.69 Å². The molecule has 7 heteroatoms. The first-order valence-electron chi connectivity index (χ1n) is 7.82.